The van der Waals surface area contributed by atoms with Crippen LogP contribution in [0.3, 0.4) is 0 Å². The lowest BCUT2D eigenvalue weighted by molar-refractivity contribution is 0.128. The summed E-state index contributed by atoms with van der Waals surface area (Å²) in [7, 11) is 0. The minimum absolute atomic E-state index is 0.157. The molecule has 2 N–H and O–H groups in total. The van der Waals surface area contributed by atoms with Gasteiger partial charge in [-0.05, 0) is 44.5 Å². The van der Waals surface area contributed by atoms with Gasteiger partial charge in [-0.3, -0.25) is 0 Å². The number of aryl methyl sites for hydroxylation is 1. The summed E-state index contributed by atoms with van der Waals surface area (Å²) in [6.07, 6.45) is 3.64. The smallest absolute Gasteiger partial charge is 0.132 e. The second-order valence-corrected chi connectivity index (χ2v) is 6.07. The summed E-state index contributed by atoms with van der Waals surface area (Å²) in [5, 5.41) is 18.1. The fourth-order valence-electron chi connectivity index (χ4n) is 2.68. The van der Waals surface area contributed by atoms with Gasteiger partial charge in [0, 0.05) is 24.3 Å². The van der Waals surface area contributed by atoms with Crippen molar-refractivity contribution in [3.05, 3.63) is 71.9 Å². The molecular formula is C19H23N3O2. The van der Waals surface area contributed by atoms with E-state index in [1.165, 1.54) is 0 Å². The number of nitrogens with zero attached hydrogens (tertiary/aromatic N) is 2. The summed E-state index contributed by atoms with van der Waals surface area (Å²) < 4.78 is 7.14. The van der Waals surface area contributed by atoms with E-state index in [0.29, 0.717) is 18.7 Å². The third-order valence-electron chi connectivity index (χ3n) is 4.11. The van der Waals surface area contributed by atoms with Crippen molar-refractivity contribution in [3.63, 3.8) is 0 Å². The van der Waals surface area contributed by atoms with Crippen molar-refractivity contribution in [2.75, 3.05) is 0 Å². The van der Waals surface area contributed by atoms with E-state index in [1.54, 1.807) is 18.4 Å². The summed E-state index contributed by atoms with van der Waals surface area (Å²) in [6.45, 7) is 4.78. The fourth-order valence-corrected chi connectivity index (χ4v) is 2.68. The number of nitrogens with one attached hydrogen (secondary N) is 1. The zero-order valence-corrected chi connectivity index (χ0v) is 14.0. The van der Waals surface area contributed by atoms with Crippen molar-refractivity contribution < 1.29 is 9.52 Å². The number of para-hydroxylation sites is 1. The summed E-state index contributed by atoms with van der Waals surface area (Å²) in [6, 6.07) is 13.8. The van der Waals surface area contributed by atoms with E-state index < -0.39 is 6.10 Å². The topological polar surface area (TPSA) is 63.2 Å². The van der Waals surface area contributed by atoms with Crippen LogP contribution in [0.4, 0.5) is 0 Å². The predicted octanol–water partition coefficient (Wildman–Crippen LogP) is 3.38. The van der Waals surface area contributed by atoms with Gasteiger partial charge in [-0.1, -0.05) is 18.2 Å². The lowest BCUT2D eigenvalue weighted by atomic mass is 10.1. The summed E-state index contributed by atoms with van der Waals surface area (Å²) in [5.74, 6) is 0.608. The van der Waals surface area contributed by atoms with Crippen molar-refractivity contribution >= 4 is 0 Å². The van der Waals surface area contributed by atoms with Gasteiger partial charge in [-0.15, -0.1) is 0 Å². The summed E-state index contributed by atoms with van der Waals surface area (Å²) in [5.41, 5.74) is 3.21. The number of hydrogen-bond acceptors (Lipinski definition) is 4. The van der Waals surface area contributed by atoms with Crippen LogP contribution in [0.25, 0.3) is 5.69 Å². The molecule has 0 aliphatic carbocycles. The van der Waals surface area contributed by atoms with Crippen LogP contribution < -0.4 is 5.32 Å². The van der Waals surface area contributed by atoms with Crippen molar-refractivity contribution in [2.24, 2.45) is 0 Å². The standard InChI is InChI=1S/C19H23N3O2/c1-14(11-18(23)19-9-6-10-24-19)20-12-16-13-22(21-15(16)2)17-7-4-3-5-8-17/h3-10,13-14,18,20,23H,11-12H2,1-2H3. The molecule has 5 heteroatoms. The first-order chi connectivity index (χ1) is 11.6. The highest BCUT2D eigenvalue weighted by atomic mass is 16.4. The fraction of sp³-hybridized carbons (Fsp3) is 0.316. The van der Waals surface area contributed by atoms with Gasteiger partial charge < -0.3 is 14.8 Å². The SMILES string of the molecule is Cc1nn(-c2ccccc2)cc1CNC(C)CC(O)c1ccco1. The van der Waals surface area contributed by atoms with Gasteiger partial charge in [0.15, 0.2) is 0 Å². The second-order valence-electron chi connectivity index (χ2n) is 6.07. The maximum absolute atomic E-state index is 10.1. The normalized spacial score (nSPS) is 13.8. The number of furan rings is 1. The average molecular weight is 325 g/mol. The van der Waals surface area contributed by atoms with Gasteiger partial charge >= 0.3 is 0 Å². The second kappa shape index (κ2) is 7.47. The van der Waals surface area contributed by atoms with Crippen LogP contribution in [0.5, 0.6) is 0 Å². The number of aliphatic hydroxyl groups excluding tert-OH is 1. The van der Waals surface area contributed by atoms with Crippen LogP contribution in [-0.4, -0.2) is 20.9 Å². The molecule has 0 fully saturated rings. The Hall–Kier alpha value is -2.37. The molecule has 0 aliphatic rings. The Balaban J connectivity index is 1.57. The van der Waals surface area contributed by atoms with Crippen molar-refractivity contribution in [3.8, 4) is 5.69 Å². The van der Waals surface area contributed by atoms with Gasteiger partial charge in [-0.2, -0.15) is 5.10 Å². The Morgan fingerprint density at radius 1 is 1.21 bits per heavy atom. The molecule has 3 aromatic rings. The Labute approximate surface area is 141 Å². The van der Waals surface area contributed by atoms with Gasteiger partial charge in [0.1, 0.15) is 11.9 Å². The molecule has 0 aliphatic heterocycles. The molecule has 2 aromatic heterocycles. The van der Waals surface area contributed by atoms with Gasteiger partial charge in [0.25, 0.3) is 0 Å². The highest BCUT2D eigenvalue weighted by Crippen LogP contribution is 2.19. The molecule has 126 valence electrons. The van der Waals surface area contributed by atoms with E-state index in [2.05, 4.69) is 17.3 Å². The number of aromatic nitrogens is 2. The average Bonchev–Trinajstić information content (AvgIpc) is 3.24. The first-order valence-electron chi connectivity index (χ1n) is 8.19. The molecular weight excluding hydrogens is 302 g/mol. The van der Waals surface area contributed by atoms with Crippen molar-refractivity contribution in [2.45, 2.75) is 39.0 Å². The molecule has 0 saturated carbocycles. The van der Waals surface area contributed by atoms with Crippen LogP contribution in [0.1, 0.15) is 36.5 Å². The molecule has 3 rings (SSSR count). The van der Waals surface area contributed by atoms with Crippen LogP contribution in [0, 0.1) is 6.92 Å². The molecule has 0 bridgehead atoms. The molecule has 24 heavy (non-hydrogen) atoms. The Bertz CT molecular complexity index is 750. The molecule has 1 aromatic carbocycles. The molecule has 2 heterocycles. The maximum atomic E-state index is 10.1. The zero-order chi connectivity index (χ0) is 16.9. The summed E-state index contributed by atoms with van der Waals surface area (Å²) >= 11 is 0. The van der Waals surface area contributed by atoms with Crippen LogP contribution in [0.2, 0.25) is 0 Å². The monoisotopic (exact) mass is 325 g/mol. The highest BCUT2D eigenvalue weighted by Gasteiger charge is 2.15. The van der Waals surface area contributed by atoms with Crippen LogP contribution in [0.15, 0.2) is 59.3 Å². The van der Waals surface area contributed by atoms with Crippen molar-refractivity contribution in [1.29, 1.82) is 0 Å². The largest absolute Gasteiger partial charge is 0.467 e. The van der Waals surface area contributed by atoms with E-state index >= 15 is 0 Å². The van der Waals surface area contributed by atoms with Crippen molar-refractivity contribution in [1.82, 2.24) is 15.1 Å². The number of benzene rings is 1. The highest BCUT2D eigenvalue weighted by molar-refractivity contribution is 5.32. The van der Waals surface area contributed by atoms with Gasteiger partial charge in [0.05, 0.1) is 17.6 Å². The molecule has 0 saturated heterocycles. The van der Waals surface area contributed by atoms with Gasteiger partial charge in [-0.25, -0.2) is 4.68 Å². The maximum Gasteiger partial charge on any atom is 0.132 e. The first-order valence-corrected chi connectivity index (χ1v) is 8.19. The Kier molecular flexibility index (Phi) is 5.13. The Morgan fingerprint density at radius 2 is 2.00 bits per heavy atom. The molecule has 0 amide bonds. The number of hydrogen-bond donors (Lipinski definition) is 2. The van der Waals surface area contributed by atoms with E-state index in [9.17, 15) is 5.11 Å². The minimum atomic E-state index is -0.587. The zero-order valence-electron chi connectivity index (χ0n) is 14.0. The van der Waals surface area contributed by atoms with Gasteiger partial charge in [0.2, 0.25) is 0 Å². The molecule has 0 radical (unpaired) electrons. The lowest BCUT2D eigenvalue weighted by Gasteiger charge is -2.16. The minimum Gasteiger partial charge on any atom is -0.467 e. The molecule has 2 unspecified atom stereocenters. The van der Waals surface area contributed by atoms with E-state index in [0.717, 1.165) is 16.9 Å². The quantitative estimate of drug-likeness (QED) is 0.699. The van der Waals surface area contributed by atoms with Crippen LogP contribution >= 0.6 is 0 Å². The Morgan fingerprint density at radius 3 is 2.71 bits per heavy atom. The third kappa shape index (κ3) is 3.93. The summed E-state index contributed by atoms with van der Waals surface area (Å²) in [4.78, 5) is 0. The number of aliphatic hydroxyl groups is 1. The van der Waals surface area contributed by atoms with E-state index in [4.69, 9.17) is 4.42 Å². The van der Waals surface area contributed by atoms with E-state index in [1.807, 2.05) is 48.1 Å². The third-order valence-corrected chi connectivity index (χ3v) is 4.11. The number of rotatable bonds is 7. The molecule has 2 atom stereocenters. The van der Waals surface area contributed by atoms with Crippen LogP contribution in [-0.2, 0) is 6.54 Å². The first kappa shape index (κ1) is 16.5. The molecule has 0 spiro atoms. The molecule has 5 nitrogen and oxygen atoms in total. The predicted molar refractivity (Wildman–Crippen MR) is 92.9 cm³/mol. The lowest BCUT2D eigenvalue weighted by Crippen LogP contribution is -2.27. The van der Waals surface area contributed by atoms with E-state index in [-0.39, 0.29) is 6.04 Å².